The predicted octanol–water partition coefficient (Wildman–Crippen LogP) is 1.99. The first-order valence-corrected chi connectivity index (χ1v) is 7.73. The number of nitrogens with zero attached hydrogens (tertiary/aromatic N) is 1. The van der Waals surface area contributed by atoms with Crippen molar-refractivity contribution in [1.82, 2.24) is 10.2 Å². The summed E-state index contributed by atoms with van der Waals surface area (Å²) in [7, 11) is 1.76. The maximum absolute atomic E-state index is 5.06. The van der Waals surface area contributed by atoms with Crippen molar-refractivity contribution in [3.63, 3.8) is 0 Å². The summed E-state index contributed by atoms with van der Waals surface area (Å²) in [6, 6.07) is 5.08. The average molecular weight is 268 g/mol. The van der Waals surface area contributed by atoms with Gasteiger partial charge in [-0.25, -0.2) is 0 Å². The zero-order chi connectivity index (χ0) is 12.6. The van der Waals surface area contributed by atoms with Crippen molar-refractivity contribution in [2.75, 3.05) is 39.9 Å². The minimum absolute atomic E-state index is 0.693. The van der Waals surface area contributed by atoms with Gasteiger partial charge in [-0.15, -0.1) is 11.3 Å². The highest BCUT2D eigenvalue weighted by Crippen LogP contribution is 2.13. The highest BCUT2D eigenvalue weighted by molar-refractivity contribution is 7.09. The molecule has 0 saturated carbocycles. The summed E-state index contributed by atoms with van der Waals surface area (Å²) in [4.78, 5) is 4.10. The van der Waals surface area contributed by atoms with Crippen LogP contribution >= 0.6 is 11.3 Å². The van der Waals surface area contributed by atoms with Gasteiger partial charge < -0.3 is 15.0 Å². The molecule has 4 heteroatoms. The van der Waals surface area contributed by atoms with Crippen LogP contribution in [-0.4, -0.2) is 50.8 Å². The predicted molar refractivity (Wildman–Crippen MR) is 77.4 cm³/mol. The molecule has 0 radical (unpaired) electrons. The van der Waals surface area contributed by atoms with E-state index in [1.807, 2.05) is 11.3 Å². The number of hydrogen-bond acceptors (Lipinski definition) is 4. The van der Waals surface area contributed by atoms with Crippen LogP contribution in [0.4, 0.5) is 0 Å². The van der Waals surface area contributed by atoms with Crippen LogP contribution in [0.5, 0.6) is 0 Å². The van der Waals surface area contributed by atoms with E-state index in [0.717, 1.165) is 13.2 Å². The van der Waals surface area contributed by atoms with Crippen LogP contribution in [0.3, 0.4) is 0 Å². The SMILES string of the molecule is COCCNC1CCN(CCc2cccs2)CC1. The van der Waals surface area contributed by atoms with Gasteiger partial charge in [0.05, 0.1) is 6.61 Å². The van der Waals surface area contributed by atoms with E-state index in [-0.39, 0.29) is 0 Å². The number of likely N-dealkylation sites (tertiary alicyclic amines) is 1. The number of rotatable bonds is 7. The number of thiophene rings is 1. The van der Waals surface area contributed by atoms with Crippen molar-refractivity contribution >= 4 is 11.3 Å². The third-order valence-electron chi connectivity index (χ3n) is 3.58. The summed E-state index contributed by atoms with van der Waals surface area (Å²) in [6.45, 7) is 5.48. The minimum atomic E-state index is 0.693. The Hall–Kier alpha value is -0.420. The highest BCUT2D eigenvalue weighted by atomic mass is 32.1. The maximum Gasteiger partial charge on any atom is 0.0587 e. The van der Waals surface area contributed by atoms with Gasteiger partial charge in [0.1, 0.15) is 0 Å². The molecule has 1 aromatic heterocycles. The minimum Gasteiger partial charge on any atom is -0.383 e. The van der Waals surface area contributed by atoms with Gasteiger partial charge in [0.2, 0.25) is 0 Å². The van der Waals surface area contributed by atoms with E-state index in [9.17, 15) is 0 Å². The average Bonchev–Trinajstić information content (AvgIpc) is 2.91. The maximum atomic E-state index is 5.06. The smallest absolute Gasteiger partial charge is 0.0587 e. The largest absolute Gasteiger partial charge is 0.383 e. The molecule has 18 heavy (non-hydrogen) atoms. The van der Waals surface area contributed by atoms with Crippen molar-refractivity contribution in [2.24, 2.45) is 0 Å². The molecule has 0 amide bonds. The lowest BCUT2D eigenvalue weighted by Crippen LogP contribution is -2.43. The summed E-state index contributed by atoms with van der Waals surface area (Å²) in [6.07, 6.45) is 3.75. The zero-order valence-corrected chi connectivity index (χ0v) is 12.0. The molecule has 1 aliphatic heterocycles. The molecule has 0 aromatic carbocycles. The first kappa shape index (κ1) is 14.0. The van der Waals surface area contributed by atoms with Crippen molar-refractivity contribution in [3.05, 3.63) is 22.4 Å². The van der Waals surface area contributed by atoms with E-state index in [4.69, 9.17) is 4.74 Å². The third-order valence-corrected chi connectivity index (χ3v) is 4.52. The molecule has 3 nitrogen and oxygen atoms in total. The molecular weight excluding hydrogens is 244 g/mol. The van der Waals surface area contributed by atoms with E-state index >= 15 is 0 Å². The second-order valence-corrected chi connectivity index (χ2v) is 5.92. The van der Waals surface area contributed by atoms with Crippen molar-refractivity contribution in [1.29, 1.82) is 0 Å². The number of hydrogen-bond donors (Lipinski definition) is 1. The normalized spacial score (nSPS) is 18.3. The zero-order valence-electron chi connectivity index (χ0n) is 11.2. The lowest BCUT2D eigenvalue weighted by atomic mass is 10.0. The molecule has 1 fully saturated rings. The second-order valence-electron chi connectivity index (χ2n) is 4.89. The highest BCUT2D eigenvalue weighted by Gasteiger charge is 2.18. The van der Waals surface area contributed by atoms with E-state index in [2.05, 4.69) is 27.7 Å². The Labute approximate surface area is 114 Å². The van der Waals surface area contributed by atoms with Crippen molar-refractivity contribution in [2.45, 2.75) is 25.3 Å². The fraction of sp³-hybridized carbons (Fsp3) is 0.714. The second kappa shape index (κ2) is 7.89. The lowest BCUT2D eigenvalue weighted by molar-refractivity contribution is 0.173. The standard InChI is InChI=1S/C14H24N2OS/c1-17-11-7-15-13-4-8-16(9-5-13)10-6-14-3-2-12-18-14/h2-3,12-13,15H,4-11H2,1H3. The molecule has 0 spiro atoms. The number of ether oxygens (including phenoxy) is 1. The van der Waals surface area contributed by atoms with Crippen molar-refractivity contribution in [3.8, 4) is 0 Å². The molecule has 1 aliphatic rings. The topological polar surface area (TPSA) is 24.5 Å². The van der Waals surface area contributed by atoms with Gasteiger partial charge in [0.15, 0.2) is 0 Å². The Morgan fingerprint density at radius 1 is 1.44 bits per heavy atom. The first-order valence-electron chi connectivity index (χ1n) is 6.85. The summed E-state index contributed by atoms with van der Waals surface area (Å²) in [5.41, 5.74) is 0. The molecule has 2 heterocycles. The van der Waals surface area contributed by atoms with Gasteiger partial charge >= 0.3 is 0 Å². The molecule has 0 unspecified atom stereocenters. The molecule has 0 atom stereocenters. The van der Waals surface area contributed by atoms with Gasteiger partial charge in [-0.1, -0.05) is 6.07 Å². The van der Waals surface area contributed by atoms with E-state index in [0.29, 0.717) is 6.04 Å². The molecular formula is C14H24N2OS. The van der Waals surface area contributed by atoms with Gasteiger partial charge in [-0.3, -0.25) is 0 Å². The van der Waals surface area contributed by atoms with Gasteiger partial charge in [-0.05, 0) is 43.8 Å². The van der Waals surface area contributed by atoms with Crippen LogP contribution in [0.15, 0.2) is 17.5 Å². The molecule has 0 bridgehead atoms. The van der Waals surface area contributed by atoms with Crippen molar-refractivity contribution < 1.29 is 4.74 Å². The first-order chi connectivity index (χ1) is 8.88. The van der Waals surface area contributed by atoms with Crippen LogP contribution < -0.4 is 5.32 Å². The summed E-state index contributed by atoms with van der Waals surface area (Å²) < 4.78 is 5.06. The monoisotopic (exact) mass is 268 g/mol. The van der Waals surface area contributed by atoms with Gasteiger partial charge in [0, 0.05) is 31.1 Å². The lowest BCUT2D eigenvalue weighted by Gasteiger charge is -2.32. The fourth-order valence-corrected chi connectivity index (χ4v) is 3.15. The Morgan fingerprint density at radius 2 is 2.28 bits per heavy atom. The Morgan fingerprint density at radius 3 is 2.94 bits per heavy atom. The molecule has 1 N–H and O–H groups in total. The number of methoxy groups -OCH3 is 1. The summed E-state index contributed by atoms with van der Waals surface area (Å²) in [5.74, 6) is 0. The Bertz CT molecular complexity index is 308. The number of piperidine rings is 1. The van der Waals surface area contributed by atoms with Crippen LogP contribution in [0.25, 0.3) is 0 Å². The molecule has 0 aliphatic carbocycles. The van der Waals surface area contributed by atoms with E-state index < -0.39 is 0 Å². The van der Waals surface area contributed by atoms with Crippen LogP contribution in [-0.2, 0) is 11.2 Å². The molecule has 1 saturated heterocycles. The molecule has 2 rings (SSSR count). The van der Waals surface area contributed by atoms with E-state index in [1.54, 1.807) is 7.11 Å². The van der Waals surface area contributed by atoms with Crippen LogP contribution in [0.1, 0.15) is 17.7 Å². The van der Waals surface area contributed by atoms with Gasteiger partial charge in [0.25, 0.3) is 0 Å². The summed E-state index contributed by atoms with van der Waals surface area (Å²) >= 11 is 1.87. The third kappa shape index (κ3) is 4.69. The summed E-state index contributed by atoms with van der Waals surface area (Å²) in [5, 5.41) is 5.73. The van der Waals surface area contributed by atoms with Crippen LogP contribution in [0.2, 0.25) is 0 Å². The number of nitrogens with one attached hydrogen (secondary N) is 1. The Balaban J connectivity index is 1.58. The fourth-order valence-electron chi connectivity index (χ4n) is 2.45. The van der Waals surface area contributed by atoms with Gasteiger partial charge in [-0.2, -0.15) is 0 Å². The van der Waals surface area contributed by atoms with E-state index in [1.165, 1.54) is 43.8 Å². The molecule has 1 aromatic rings. The van der Waals surface area contributed by atoms with Crippen LogP contribution in [0, 0.1) is 0 Å². The molecule has 102 valence electrons. The Kier molecular flexibility index (Phi) is 6.14. The quantitative estimate of drug-likeness (QED) is 0.766.